The van der Waals surface area contributed by atoms with Crippen molar-refractivity contribution in [1.82, 2.24) is 4.98 Å². The maximum atomic E-state index is 11.9. The maximum absolute atomic E-state index is 11.9. The normalized spacial score (nSPS) is 10.2. The van der Waals surface area contributed by atoms with Crippen LogP contribution in [-0.2, 0) is 4.79 Å². The van der Waals surface area contributed by atoms with Crippen LogP contribution in [0.5, 0.6) is 5.75 Å². The van der Waals surface area contributed by atoms with Crippen LogP contribution in [0.4, 0.5) is 11.5 Å². The number of aryl methyl sites for hydroxylation is 2. The molecule has 0 saturated carbocycles. The number of aromatic nitrogens is 1. The average molecular weight is 299 g/mol. The molecule has 2 aromatic rings. The van der Waals surface area contributed by atoms with Crippen LogP contribution in [0.25, 0.3) is 0 Å². The van der Waals surface area contributed by atoms with E-state index >= 15 is 0 Å². The Bertz CT molecular complexity index is 651. The Hall–Kier alpha value is -2.56. The predicted molar refractivity (Wildman–Crippen MR) is 88.6 cm³/mol. The number of nitrogens with zero attached hydrogens (tertiary/aromatic N) is 2. The monoisotopic (exact) mass is 299 g/mol. The fraction of sp³-hybridized carbons (Fsp3) is 0.294. The van der Waals surface area contributed by atoms with Crippen molar-refractivity contribution in [3.05, 3.63) is 47.7 Å². The molecule has 1 aromatic heterocycles. The van der Waals surface area contributed by atoms with Gasteiger partial charge in [-0.25, -0.2) is 4.98 Å². The standard InChI is InChI=1S/C17H21N3O2/c1-12-5-6-13(2)15(9-12)22-11-17(21)19-14-7-8-16(18-10-14)20(3)4/h5-10H,11H2,1-4H3,(H,19,21). The quantitative estimate of drug-likeness (QED) is 0.922. The van der Waals surface area contributed by atoms with Crippen LogP contribution in [0.2, 0.25) is 0 Å². The summed E-state index contributed by atoms with van der Waals surface area (Å²) in [5, 5.41) is 2.77. The van der Waals surface area contributed by atoms with Crippen LogP contribution in [0.15, 0.2) is 36.5 Å². The second-order valence-corrected chi connectivity index (χ2v) is 5.41. The van der Waals surface area contributed by atoms with Gasteiger partial charge in [0.25, 0.3) is 5.91 Å². The lowest BCUT2D eigenvalue weighted by atomic mass is 10.1. The highest BCUT2D eigenvalue weighted by molar-refractivity contribution is 5.91. The second-order valence-electron chi connectivity index (χ2n) is 5.41. The summed E-state index contributed by atoms with van der Waals surface area (Å²) < 4.78 is 5.57. The molecule has 0 bridgehead atoms. The van der Waals surface area contributed by atoms with Gasteiger partial charge in [-0.05, 0) is 43.2 Å². The zero-order valence-electron chi connectivity index (χ0n) is 13.4. The zero-order chi connectivity index (χ0) is 16.1. The molecule has 0 unspecified atom stereocenters. The Morgan fingerprint density at radius 3 is 2.64 bits per heavy atom. The minimum Gasteiger partial charge on any atom is -0.483 e. The molecule has 0 aliphatic rings. The van der Waals surface area contributed by atoms with Gasteiger partial charge in [-0.3, -0.25) is 4.79 Å². The third kappa shape index (κ3) is 4.22. The van der Waals surface area contributed by atoms with Gasteiger partial charge in [0, 0.05) is 14.1 Å². The molecule has 1 amide bonds. The first kappa shape index (κ1) is 15.8. The maximum Gasteiger partial charge on any atom is 0.262 e. The van der Waals surface area contributed by atoms with E-state index in [9.17, 15) is 4.79 Å². The summed E-state index contributed by atoms with van der Waals surface area (Å²) >= 11 is 0. The number of carbonyl (C=O) groups excluding carboxylic acids is 1. The Morgan fingerprint density at radius 1 is 1.23 bits per heavy atom. The van der Waals surface area contributed by atoms with Gasteiger partial charge in [-0.15, -0.1) is 0 Å². The van der Waals surface area contributed by atoms with E-state index in [2.05, 4.69) is 10.3 Å². The number of benzene rings is 1. The minimum atomic E-state index is -0.208. The highest BCUT2D eigenvalue weighted by atomic mass is 16.5. The van der Waals surface area contributed by atoms with Gasteiger partial charge in [0.05, 0.1) is 11.9 Å². The summed E-state index contributed by atoms with van der Waals surface area (Å²) in [4.78, 5) is 18.1. The minimum absolute atomic E-state index is 0.0281. The molecule has 0 radical (unpaired) electrons. The number of nitrogens with one attached hydrogen (secondary N) is 1. The molecule has 0 aliphatic carbocycles. The first-order valence-electron chi connectivity index (χ1n) is 7.09. The zero-order valence-corrected chi connectivity index (χ0v) is 13.4. The van der Waals surface area contributed by atoms with Gasteiger partial charge in [0.1, 0.15) is 11.6 Å². The number of pyridine rings is 1. The molecule has 0 spiro atoms. The first-order valence-corrected chi connectivity index (χ1v) is 7.09. The molecule has 1 aromatic carbocycles. The Labute approximate surface area is 130 Å². The third-order valence-corrected chi connectivity index (χ3v) is 3.19. The predicted octanol–water partition coefficient (Wildman–Crippen LogP) is 2.78. The van der Waals surface area contributed by atoms with Gasteiger partial charge in [0.2, 0.25) is 0 Å². The largest absolute Gasteiger partial charge is 0.483 e. The van der Waals surface area contributed by atoms with Crippen LogP contribution >= 0.6 is 0 Å². The Balaban J connectivity index is 1.91. The molecular weight excluding hydrogens is 278 g/mol. The van der Waals surface area contributed by atoms with Crippen molar-refractivity contribution >= 4 is 17.4 Å². The molecule has 0 aliphatic heterocycles. The third-order valence-electron chi connectivity index (χ3n) is 3.19. The van der Waals surface area contributed by atoms with Crippen molar-refractivity contribution in [2.45, 2.75) is 13.8 Å². The molecule has 5 nitrogen and oxygen atoms in total. The topological polar surface area (TPSA) is 54.5 Å². The average Bonchev–Trinajstić information content (AvgIpc) is 2.49. The van der Waals surface area contributed by atoms with Crippen LogP contribution in [0.3, 0.4) is 0 Å². The molecule has 1 heterocycles. The van der Waals surface area contributed by atoms with E-state index < -0.39 is 0 Å². The molecule has 0 atom stereocenters. The van der Waals surface area contributed by atoms with E-state index in [1.807, 2.05) is 63.2 Å². The highest BCUT2D eigenvalue weighted by Crippen LogP contribution is 2.19. The van der Waals surface area contributed by atoms with Crippen molar-refractivity contribution in [3.63, 3.8) is 0 Å². The summed E-state index contributed by atoms with van der Waals surface area (Å²) in [5.41, 5.74) is 2.76. The smallest absolute Gasteiger partial charge is 0.262 e. The number of carbonyl (C=O) groups is 1. The van der Waals surface area contributed by atoms with Gasteiger partial charge in [0.15, 0.2) is 6.61 Å². The van der Waals surface area contributed by atoms with Crippen molar-refractivity contribution in [3.8, 4) is 5.75 Å². The van der Waals surface area contributed by atoms with Crippen LogP contribution in [0.1, 0.15) is 11.1 Å². The summed E-state index contributed by atoms with van der Waals surface area (Å²) in [6, 6.07) is 9.59. The summed E-state index contributed by atoms with van der Waals surface area (Å²) in [5.74, 6) is 1.36. The lowest BCUT2D eigenvalue weighted by molar-refractivity contribution is -0.118. The SMILES string of the molecule is Cc1ccc(C)c(OCC(=O)Nc2ccc(N(C)C)nc2)c1. The number of ether oxygens (including phenoxy) is 1. The van der Waals surface area contributed by atoms with Gasteiger partial charge in [-0.1, -0.05) is 12.1 Å². The Kier molecular flexibility index (Phi) is 4.99. The van der Waals surface area contributed by atoms with Crippen LogP contribution in [0, 0.1) is 13.8 Å². The second kappa shape index (κ2) is 6.93. The fourth-order valence-electron chi connectivity index (χ4n) is 1.93. The van der Waals surface area contributed by atoms with Gasteiger partial charge in [-0.2, -0.15) is 0 Å². The van der Waals surface area contributed by atoms with Crippen LogP contribution < -0.4 is 15.0 Å². The first-order chi connectivity index (χ1) is 10.5. The number of hydrogen-bond donors (Lipinski definition) is 1. The van der Waals surface area contributed by atoms with Crippen LogP contribution in [-0.4, -0.2) is 31.6 Å². The lowest BCUT2D eigenvalue weighted by Crippen LogP contribution is -2.20. The fourth-order valence-corrected chi connectivity index (χ4v) is 1.93. The van der Waals surface area contributed by atoms with Crippen molar-refractivity contribution in [1.29, 1.82) is 0 Å². The lowest BCUT2D eigenvalue weighted by Gasteiger charge is -2.12. The van der Waals surface area contributed by atoms with Crippen molar-refractivity contribution in [2.24, 2.45) is 0 Å². The number of hydrogen-bond acceptors (Lipinski definition) is 4. The molecule has 2 rings (SSSR count). The van der Waals surface area contributed by atoms with E-state index in [0.717, 1.165) is 22.7 Å². The Morgan fingerprint density at radius 2 is 2.00 bits per heavy atom. The molecular formula is C17H21N3O2. The number of amides is 1. The molecule has 22 heavy (non-hydrogen) atoms. The molecule has 116 valence electrons. The van der Waals surface area contributed by atoms with E-state index in [0.29, 0.717) is 5.69 Å². The van der Waals surface area contributed by atoms with E-state index in [1.54, 1.807) is 6.20 Å². The molecule has 5 heteroatoms. The van der Waals surface area contributed by atoms with E-state index in [1.165, 1.54) is 0 Å². The summed E-state index contributed by atoms with van der Waals surface area (Å²) in [7, 11) is 3.83. The summed E-state index contributed by atoms with van der Waals surface area (Å²) in [6.07, 6.45) is 1.63. The van der Waals surface area contributed by atoms with E-state index in [4.69, 9.17) is 4.74 Å². The highest BCUT2D eigenvalue weighted by Gasteiger charge is 2.06. The number of anilines is 2. The molecule has 0 saturated heterocycles. The van der Waals surface area contributed by atoms with Gasteiger partial charge >= 0.3 is 0 Å². The number of rotatable bonds is 5. The summed E-state index contributed by atoms with van der Waals surface area (Å²) in [6.45, 7) is 3.92. The molecule has 1 N–H and O–H groups in total. The van der Waals surface area contributed by atoms with Crippen molar-refractivity contribution < 1.29 is 9.53 Å². The van der Waals surface area contributed by atoms with E-state index in [-0.39, 0.29) is 12.5 Å². The molecule has 0 fully saturated rings. The van der Waals surface area contributed by atoms with Gasteiger partial charge < -0.3 is 15.0 Å². The van der Waals surface area contributed by atoms with Crippen molar-refractivity contribution in [2.75, 3.05) is 30.9 Å².